The minimum atomic E-state index is -0.728. The SMILES string of the molecule is CC(C)CNC(=O)C(Cc1ccccc1)N(Cc1ccccc1Cl)C(=O)COc1ccccc1C(C)C. The number of rotatable bonds is 12. The summed E-state index contributed by atoms with van der Waals surface area (Å²) >= 11 is 6.48. The van der Waals surface area contributed by atoms with Gasteiger partial charge in [-0.2, -0.15) is 0 Å². The van der Waals surface area contributed by atoms with E-state index in [0.717, 1.165) is 16.7 Å². The number of para-hydroxylation sites is 1. The molecule has 0 aliphatic carbocycles. The zero-order valence-corrected chi connectivity index (χ0v) is 22.9. The van der Waals surface area contributed by atoms with Gasteiger partial charge in [0, 0.05) is 24.5 Å². The first kappa shape index (κ1) is 28.3. The fourth-order valence-electron chi connectivity index (χ4n) is 4.10. The van der Waals surface area contributed by atoms with E-state index in [0.29, 0.717) is 23.7 Å². The van der Waals surface area contributed by atoms with Crippen LogP contribution in [0.1, 0.15) is 50.3 Å². The van der Waals surface area contributed by atoms with Crippen molar-refractivity contribution in [3.8, 4) is 5.75 Å². The van der Waals surface area contributed by atoms with Crippen molar-refractivity contribution in [2.75, 3.05) is 13.2 Å². The Kier molecular flexibility index (Phi) is 10.6. The lowest BCUT2D eigenvalue weighted by atomic mass is 10.0. The summed E-state index contributed by atoms with van der Waals surface area (Å²) in [5.74, 6) is 0.732. The standard InChI is InChI=1S/C31H37ClN2O3/c1-22(2)19-33-31(36)28(18-24-12-6-5-7-13-24)34(20-25-14-8-10-16-27(25)32)30(35)21-37-29-17-11-9-15-26(29)23(3)4/h5-17,22-23,28H,18-21H2,1-4H3,(H,33,36). The van der Waals surface area contributed by atoms with Crippen LogP contribution in [0.5, 0.6) is 5.75 Å². The number of nitrogens with zero attached hydrogens (tertiary/aromatic N) is 1. The average molecular weight is 521 g/mol. The van der Waals surface area contributed by atoms with Crippen LogP contribution < -0.4 is 10.1 Å². The lowest BCUT2D eigenvalue weighted by Gasteiger charge is -2.32. The Hall–Kier alpha value is -3.31. The van der Waals surface area contributed by atoms with Gasteiger partial charge in [-0.25, -0.2) is 0 Å². The summed E-state index contributed by atoms with van der Waals surface area (Å²) in [6, 6.07) is 24.1. The molecule has 0 fully saturated rings. The fraction of sp³-hybridized carbons (Fsp3) is 0.355. The smallest absolute Gasteiger partial charge is 0.261 e. The molecule has 3 aromatic carbocycles. The van der Waals surface area contributed by atoms with Crippen LogP contribution in [0.3, 0.4) is 0 Å². The predicted octanol–water partition coefficient (Wildman–Crippen LogP) is 6.25. The summed E-state index contributed by atoms with van der Waals surface area (Å²) < 4.78 is 6.03. The molecule has 0 bridgehead atoms. The van der Waals surface area contributed by atoms with Crippen LogP contribution in [-0.2, 0) is 22.6 Å². The molecule has 37 heavy (non-hydrogen) atoms. The average Bonchev–Trinajstić information content (AvgIpc) is 2.89. The lowest BCUT2D eigenvalue weighted by molar-refractivity contribution is -0.142. The Morgan fingerprint density at radius 1 is 0.892 bits per heavy atom. The maximum Gasteiger partial charge on any atom is 0.261 e. The van der Waals surface area contributed by atoms with E-state index in [1.54, 1.807) is 11.0 Å². The Morgan fingerprint density at radius 3 is 2.22 bits per heavy atom. The van der Waals surface area contributed by atoms with Gasteiger partial charge in [-0.1, -0.05) is 106 Å². The molecule has 0 saturated carbocycles. The largest absolute Gasteiger partial charge is 0.483 e. The van der Waals surface area contributed by atoms with Crippen molar-refractivity contribution in [2.45, 2.75) is 52.6 Å². The third-order valence-electron chi connectivity index (χ3n) is 6.15. The molecule has 3 aromatic rings. The highest BCUT2D eigenvalue weighted by Gasteiger charge is 2.31. The lowest BCUT2D eigenvalue weighted by Crippen LogP contribution is -2.52. The number of halogens is 1. The van der Waals surface area contributed by atoms with Crippen molar-refractivity contribution in [3.63, 3.8) is 0 Å². The monoisotopic (exact) mass is 520 g/mol. The van der Waals surface area contributed by atoms with Crippen LogP contribution in [0.2, 0.25) is 5.02 Å². The molecule has 0 aliphatic heterocycles. The number of benzene rings is 3. The molecule has 0 saturated heterocycles. The maximum absolute atomic E-state index is 13.8. The Bertz CT molecular complexity index is 1160. The fourth-order valence-corrected chi connectivity index (χ4v) is 4.29. The molecular formula is C31H37ClN2O3. The number of ether oxygens (including phenoxy) is 1. The highest BCUT2D eigenvalue weighted by atomic mass is 35.5. The molecular weight excluding hydrogens is 484 g/mol. The van der Waals surface area contributed by atoms with E-state index < -0.39 is 6.04 Å². The predicted molar refractivity (Wildman–Crippen MR) is 150 cm³/mol. The van der Waals surface area contributed by atoms with Crippen LogP contribution in [-0.4, -0.2) is 35.9 Å². The molecule has 0 spiro atoms. The Labute approximate surface area is 225 Å². The number of hydrogen-bond acceptors (Lipinski definition) is 3. The van der Waals surface area contributed by atoms with Gasteiger partial charge in [0.2, 0.25) is 5.91 Å². The second-order valence-electron chi connectivity index (χ2n) is 9.94. The first-order chi connectivity index (χ1) is 17.8. The molecule has 196 valence electrons. The number of carbonyl (C=O) groups excluding carboxylic acids is 2. The van der Waals surface area contributed by atoms with Crippen LogP contribution in [0.15, 0.2) is 78.9 Å². The minimum Gasteiger partial charge on any atom is -0.483 e. The highest BCUT2D eigenvalue weighted by Crippen LogP contribution is 2.26. The van der Waals surface area contributed by atoms with Gasteiger partial charge >= 0.3 is 0 Å². The van der Waals surface area contributed by atoms with Crippen molar-refractivity contribution in [2.24, 2.45) is 5.92 Å². The van der Waals surface area contributed by atoms with Gasteiger partial charge in [-0.05, 0) is 40.7 Å². The van der Waals surface area contributed by atoms with E-state index in [1.807, 2.05) is 86.6 Å². The van der Waals surface area contributed by atoms with Gasteiger partial charge in [0.05, 0.1) is 0 Å². The first-order valence-corrected chi connectivity index (χ1v) is 13.2. The van der Waals surface area contributed by atoms with Crippen LogP contribution in [0.4, 0.5) is 0 Å². The van der Waals surface area contributed by atoms with Gasteiger partial charge in [-0.3, -0.25) is 9.59 Å². The third-order valence-corrected chi connectivity index (χ3v) is 6.52. The molecule has 1 N–H and O–H groups in total. The van der Waals surface area contributed by atoms with Gasteiger partial charge in [0.25, 0.3) is 5.91 Å². The van der Waals surface area contributed by atoms with Crippen molar-refractivity contribution >= 4 is 23.4 Å². The van der Waals surface area contributed by atoms with Gasteiger partial charge in [0.15, 0.2) is 6.61 Å². The number of amides is 2. The van der Waals surface area contributed by atoms with E-state index in [9.17, 15) is 9.59 Å². The van der Waals surface area contributed by atoms with Gasteiger partial charge < -0.3 is 15.0 Å². The van der Waals surface area contributed by atoms with Crippen molar-refractivity contribution < 1.29 is 14.3 Å². The van der Waals surface area contributed by atoms with E-state index in [1.165, 1.54) is 0 Å². The quantitative estimate of drug-likeness (QED) is 0.307. The van der Waals surface area contributed by atoms with Crippen LogP contribution in [0, 0.1) is 5.92 Å². The summed E-state index contributed by atoms with van der Waals surface area (Å²) in [5, 5.41) is 3.58. The molecule has 6 heteroatoms. The minimum absolute atomic E-state index is 0.184. The number of hydrogen-bond donors (Lipinski definition) is 1. The van der Waals surface area contributed by atoms with Crippen molar-refractivity contribution in [3.05, 3.63) is 101 Å². The summed E-state index contributed by atoms with van der Waals surface area (Å²) in [7, 11) is 0. The van der Waals surface area contributed by atoms with Crippen LogP contribution in [0.25, 0.3) is 0 Å². The Balaban J connectivity index is 1.93. The topological polar surface area (TPSA) is 58.6 Å². The van der Waals surface area contributed by atoms with Crippen molar-refractivity contribution in [1.82, 2.24) is 10.2 Å². The summed E-state index contributed by atoms with van der Waals surface area (Å²) in [6.07, 6.45) is 0.379. The second kappa shape index (κ2) is 13.8. The molecule has 5 nitrogen and oxygen atoms in total. The highest BCUT2D eigenvalue weighted by molar-refractivity contribution is 6.31. The summed E-state index contributed by atoms with van der Waals surface area (Å²) in [6.45, 7) is 8.79. The zero-order chi connectivity index (χ0) is 26.8. The summed E-state index contributed by atoms with van der Waals surface area (Å²) in [5.41, 5.74) is 2.77. The number of nitrogens with one attached hydrogen (secondary N) is 1. The molecule has 0 heterocycles. The molecule has 1 unspecified atom stereocenters. The number of carbonyl (C=O) groups is 2. The van der Waals surface area contributed by atoms with Gasteiger partial charge in [-0.15, -0.1) is 0 Å². The van der Waals surface area contributed by atoms with Crippen molar-refractivity contribution in [1.29, 1.82) is 0 Å². The molecule has 3 rings (SSSR count). The summed E-state index contributed by atoms with van der Waals surface area (Å²) in [4.78, 5) is 28.9. The normalized spacial score (nSPS) is 11.9. The third kappa shape index (κ3) is 8.36. The second-order valence-corrected chi connectivity index (χ2v) is 10.3. The van der Waals surface area contributed by atoms with E-state index in [4.69, 9.17) is 16.3 Å². The van der Waals surface area contributed by atoms with E-state index in [-0.39, 0.29) is 36.8 Å². The maximum atomic E-state index is 13.8. The van der Waals surface area contributed by atoms with Gasteiger partial charge in [0.1, 0.15) is 11.8 Å². The van der Waals surface area contributed by atoms with E-state index in [2.05, 4.69) is 19.2 Å². The molecule has 2 amide bonds. The molecule has 0 aromatic heterocycles. The molecule has 0 radical (unpaired) electrons. The van der Waals surface area contributed by atoms with E-state index >= 15 is 0 Å². The zero-order valence-electron chi connectivity index (χ0n) is 22.1. The first-order valence-electron chi connectivity index (χ1n) is 12.8. The molecule has 1 atom stereocenters. The molecule has 0 aliphatic rings. The van der Waals surface area contributed by atoms with Crippen LogP contribution >= 0.6 is 11.6 Å². The Morgan fingerprint density at radius 2 is 1.54 bits per heavy atom.